The summed E-state index contributed by atoms with van der Waals surface area (Å²) < 4.78 is 14.9. The Hall–Kier alpha value is -3.55. The molecule has 2 aromatic carbocycles. The monoisotopic (exact) mass is 386 g/mol. The molecular formula is C20H22N2O6. The van der Waals surface area contributed by atoms with E-state index >= 15 is 0 Å². The number of amides is 2. The van der Waals surface area contributed by atoms with Gasteiger partial charge in [0.25, 0.3) is 11.8 Å². The molecule has 8 heteroatoms. The Morgan fingerprint density at radius 2 is 1.54 bits per heavy atom. The quantitative estimate of drug-likeness (QED) is 0.389. The smallest absolute Gasteiger partial charge is 0.484 e. The Kier molecular flexibility index (Phi) is 8.32. The summed E-state index contributed by atoms with van der Waals surface area (Å²) in [6.07, 6.45) is -0.799. The van der Waals surface area contributed by atoms with Crippen LogP contribution in [0.2, 0.25) is 0 Å². The van der Waals surface area contributed by atoms with Gasteiger partial charge in [0, 0.05) is 18.7 Å². The van der Waals surface area contributed by atoms with Crippen LogP contribution in [0.5, 0.6) is 11.5 Å². The van der Waals surface area contributed by atoms with Crippen molar-refractivity contribution in [3.8, 4) is 11.5 Å². The highest BCUT2D eigenvalue weighted by molar-refractivity contribution is 5.94. The highest BCUT2D eigenvalue weighted by Gasteiger charge is 2.08. The van der Waals surface area contributed by atoms with Crippen LogP contribution in [0.4, 0.5) is 4.79 Å². The Labute approximate surface area is 162 Å². The molecule has 2 N–H and O–H groups in total. The number of para-hydroxylation sites is 1. The number of hydrogen-bond donors (Lipinski definition) is 2. The zero-order valence-corrected chi connectivity index (χ0v) is 15.5. The van der Waals surface area contributed by atoms with Crippen LogP contribution in [-0.4, -0.2) is 44.3 Å². The molecule has 0 aliphatic rings. The number of benzene rings is 2. The van der Waals surface area contributed by atoms with E-state index in [0.717, 1.165) is 0 Å². The van der Waals surface area contributed by atoms with Gasteiger partial charge in [-0.15, -0.1) is 0 Å². The summed E-state index contributed by atoms with van der Waals surface area (Å²) in [7, 11) is 0. The summed E-state index contributed by atoms with van der Waals surface area (Å²) in [5, 5.41) is 5.33. The van der Waals surface area contributed by atoms with Gasteiger partial charge in [-0.3, -0.25) is 9.59 Å². The van der Waals surface area contributed by atoms with E-state index in [9.17, 15) is 14.4 Å². The zero-order chi connectivity index (χ0) is 20.2. The van der Waals surface area contributed by atoms with Crippen LogP contribution in [0, 0.1) is 0 Å². The molecular weight excluding hydrogens is 364 g/mol. The van der Waals surface area contributed by atoms with Gasteiger partial charge < -0.3 is 24.8 Å². The summed E-state index contributed by atoms with van der Waals surface area (Å²) >= 11 is 0. The summed E-state index contributed by atoms with van der Waals surface area (Å²) in [5.41, 5.74) is 0.398. The van der Waals surface area contributed by atoms with E-state index in [4.69, 9.17) is 9.47 Å². The average Bonchev–Trinajstić information content (AvgIpc) is 2.71. The Morgan fingerprint density at radius 3 is 2.21 bits per heavy atom. The number of ether oxygens (including phenoxy) is 3. The fraction of sp³-hybridized carbons (Fsp3) is 0.250. The van der Waals surface area contributed by atoms with E-state index in [1.54, 1.807) is 19.1 Å². The predicted octanol–water partition coefficient (Wildman–Crippen LogP) is 2.15. The van der Waals surface area contributed by atoms with Crippen molar-refractivity contribution in [3.05, 3.63) is 60.2 Å². The molecule has 0 unspecified atom stereocenters. The van der Waals surface area contributed by atoms with Crippen molar-refractivity contribution in [3.63, 3.8) is 0 Å². The second-order valence-corrected chi connectivity index (χ2v) is 5.52. The van der Waals surface area contributed by atoms with E-state index in [1.165, 1.54) is 24.3 Å². The van der Waals surface area contributed by atoms with Crippen molar-refractivity contribution in [1.29, 1.82) is 0 Å². The van der Waals surface area contributed by atoms with Crippen LogP contribution in [-0.2, 0) is 9.53 Å². The van der Waals surface area contributed by atoms with Crippen molar-refractivity contribution in [1.82, 2.24) is 10.6 Å². The number of nitrogens with one attached hydrogen (secondary N) is 2. The highest BCUT2D eigenvalue weighted by atomic mass is 16.7. The Morgan fingerprint density at radius 1 is 0.857 bits per heavy atom. The van der Waals surface area contributed by atoms with E-state index in [-0.39, 0.29) is 43.9 Å². The summed E-state index contributed by atoms with van der Waals surface area (Å²) in [6.45, 7) is 2.32. The third kappa shape index (κ3) is 7.36. The van der Waals surface area contributed by atoms with Crippen LogP contribution in [0.15, 0.2) is 54.6 Å². The average molecular weight is 386 g/mol. The molecule has 8 nitrogen and oxygen atoms in total. The standard InChI is InChI=1S/C20H22N2O6/c1-2-26-20(25)28-17-10-8-15(9-11-17)19(24)22-13-12-21-18(23)14-27-16-6-4-3-5-7-16/h3-11H,2,12-14H2,1H3,(H,21,23)(H,22,24). The highest BCUT2D eigenvalue weighted by Crippen LogP contribution is 2.13. The molecule has 2 amide bonds. The first-order valence-electron chi connectivity index (χ1n) is 8.76. The van der Waals surface area contributed by atoms with E-state index in [1.807, 2.05) is 18.2 Å². The van der Waals surface area contributed by atoms with Gasteiger partial charge >= 0.3 is 6.16 Å². The van der Waals surface area contributed by atoms with Gasteiger partial charge in [0.05, 0.1) is 6.61 Å². The maximum atomic E-state index is 12.1. The fourth-order valence-corrected chi connectivity index (χ4v) is 2.11. The summed E-state index contributed by atoms with van der Waals surface area (Å²) in [6, 6.07) is 15.1. The first kappa shape index (κ1) is 20.8. The first-order valence-corrected chi connectivity index (χ1v) is 8.76. The van der Waals surface area contributed by atoms with Crippen molar-refractivity contribution < 1.29 is 28.6 Å². The minimum atomic E-state index is -0.799. The van der Waals surface area contributed by atoms with Gasteiger partial charge in [-0.25, -0.2) is 4.79 Å². The summed E-state index contributed by atoms with van der Waals surface area (Å²) in [5.74, 6) is 0.304. The van der Waals surface area contributed by atoms with Gasteiger partial charge in [-0.1, -0.05) is 18.2 Å². The molecule has 2 aromatic rings. The van der Waals surface area contributed by atoms with Crippen molar-refractivity contribution in [2.45, 2.75) is 6.92 Å². The van der Waals surface area contributed by atoms with Crippen LogP contribution in [0.25, 0.3) is 0 Å². The van der Waals surface area contributed by atoms with Gasteiger partial charge in [0.2, 0.25) is 0 Å². The number of rotatable bonds is 9. The van der Waals surface area contributed by atoms with E-state index in [2.05, 4.69) is 15.4 Å². The molecule has 0 saturated carbocycles. The van der Waals surface area contributed by atoms with Gasteiger partial charge in [0.15, 0.2) is 6.61 Å². The topological polar surface area (TPSA) is 103 Å². The van der Waals surface area contributed by atoms with E-state index in [0.29, 0.717) is 11.3 Å². The third-order valence-electron chi connectivity index (χ3n) is 3.43. The number of hydrogen-bond acceptors (Lipinski definition) is 6. The fourth-order valence-electron chi connectivity index (χ4n) is 2.11. The minimum absolute atomic E-state index is 0.0973. The van der Waals surface area contributed by atoms with Crippen LogP contribution >= 0.6 is 0 Å². The lowest BCUT2D eigenvalue weighted by Gasteiger charge is -2.09. The lowest BCUT2D eigenvalue weighted by Crippen LogP contribution is -2.36. The molecule has 0 aliphatic heterocycles. The maximum Gasteiger partial charge on any atom is 0.513 e. The Balaban J connectivity index is 1.65. The molecule has 2 rings (SSSR count). The second kappa shape index (κ2) is 11.2. The van der Waals surface area contributed by atoms with Gasteiger partial charge in [-0.2, -0.15) is 0 Å². The number of carbonyl (C=O) groups excluding carboxylic acids is 3. The molecule has 28 heavy (non-hydrogen) atoms. The molecule has 0 heterocycles. The molecule has 0 aliphatic carbocycles. The molecule has 0 saturated heterocycles. The van der Waals surface area contributed by atoms with Crippen LogP contribution in [0.1, 0.15) is 17.3 Å². The molecule has 0 bridgehead atoms. The first-order chi connectivity index (χ1) is 13.6. The van der Waals surface area contributed by atoms with Crippen LogP contribution in [0.3, 0.4) is 0 Å². The lowest BCUT2D eigenvalue weighted by atomic mass is 10.2. The molecule has 0 spiro atoms. The van der Waals surface area contributed by atoms with Gasteiger partial charge in [-0.05, 0) is 43.3 Å². The predicted molar refractivity (Wildman–Crippen MR) is 101 cm³/mol. The number of carbonyl (C=O) groups is 3. The van der Waals surface area contributed by atoms with Crippen molar-refractivity contribution >= 4 is 18.0 Å². The third-order valence-corrected chi connectivity index (χ3v) is 3.43. The van der Waals surface area contributed by atoms with Gasteiger partial charge in [0.1, 0.15) is 11.5 Å². The maximum absolute atomic E-state index is 12.1. The van der Waals surface area contributed by atoms with Crippen LogP contribution < -0.4 is 20.1 Å². The molecule has 0 atom stereocenters. The van der Waals surface area contributed by atoms with E-state index < -0.39 is 6.16 Å². The molecule has 0 radical (unpaired) electrons. The summed E-state index contributed by atoms with van der Waals surface area (Å²) in [4.78, 5) is 35.0. The molecule has 148 valence electrons. The second-order valence-electron chi connectivity index (χ2n) is 5.52. The lowest BCUT2D eigenvalue weighted by molar-refractivity contribution is -0.123. The largest absolute Gasteiger partial charge is 0.513 e. The van der Waals surface area contributed by atoms with Crippen molar-refractivity contribution in [2.24, 2.45) is 0 Å². The SMILES string of the molecule is CCOC(=O)Oc1ccc(C(=O)NCCNC(=O)COc2ccccc2)cc1. The minimum Gasteiger partial charge on any atom is -0.484 e. The molecule has 0 aromatic heterocycles. The van der Waals surface area contributed by atoms with Crippen molar-refractivity contribution in [2.75, 3.05) is 26.3 Å². The normalized spacial score (nSPS) is 9.89. The molecule has 0 fully saturated rings. The Bertz CT molecular complexity index is 777. The zero-order valence-electron chi connectivity index (χ0n) is 15.5.